The molecule has 1 aliphatic carbocycles. The highest BCUT2D eigenvalue weighted by molar-refractivity contribution is 5.42. The molecule has 0 aliphatic heterocycles. The maximum absolute atomic E-state index is 14.7. The molecule has 94 valence electrons. The number of anilines is 1. The van der Waals surface area contributed by atoms with Crippen molar-refractivity contribution in [3.8, 4) is 0 Å². The maximum Gasteiger partial charge on any atom is 0.115 e. The summed E-state index contributed by atoms with van der Waals surface area (Å²) in [6, 6.07) is 7.78. The van der Waals surface area contributed by atoms with Crippen LogP contribution in [0.15, 0.2) is 24.3 Å². The zero-order valence-electron chi connectivity index (χ0n) is 10.8. The lowest BCUT2D eigenvalue weighted by atomic mass is 9.61. The van der Waals surface area contributed by atoms with Gasteiger partial charge >= 0.3 is 0 Å². The van der Waals surface area contributed by atoms with Crippen molar-refractivity contribution in [2.45, 2.75) is 57.0 Å². The summed E-state index contributed by atoms with van der Waals surface area (Å²) in [6.07, 6.45) is 5.36. The molecule has 2 N–H and O–H groups in total. The molecule has 2 heteroatoms. The van der Waals surface area contributed by atoms with Gasteiger partial charge in [0, 0.05) is 11.1 Å². The van der Waals surface area contributed by atoms with Crippen molar-refractivity contribution in [3.63, 3.8) is 0 Å². The van der Waals surface area contributed by atoms with E-state index >= 15 is 0 Å². The average molecular weight is 235 g/mol. The van der Waals surface area contributed by atoms with Crippen LogP contribution < -0.4 is 5.73 Å². The van der Waals surface area contributed by atoms with Crippen LogP contribution in [0.5, 0.6) is 0 Å². The molecule has 0 spiro atoms. The monoisotopic (exact) mass is 235 g/mol. The third-order valence-electron chi connectivity index (χ3n) is 4.31. The fourth-order valence-corrected chi connectivity index (χ4v) is 3.18. The number of halogens is 1. The van der Waals surface area contributed by atoms with E-state index in [0.29, 0.717) is 0 Å². The minimum Gasteiger partial charge on any atom is -0.399 e. The molecular weight excluding hydrogens is 213 g/mol. The number of hydrogen-bond donors (Lipinski definition) is 1. The minimum absolute atomic E-state index is 0.320. The fourth-order valence-electron chi connectivity index (χ4n) is 3.18. The van der Waals surface area contributed by atoms with Crippen molar-refractivity contribution >= 4 is 5.69 Å². The molecule has 0 heterocycles. The van der Waals surface area contributed by atoms with Crippen molar-refractivity contribution < 1.29 is 4.39 Å². The first kappa shape index (κ1) is 12.4. The van der Waals surface area contributed by atoms with E-state index in [9.17, 15) is 4.39 Å². The van der Waals surface area contributed by atoms with Gasteiger partial charge in [-0.3, -0.25) is 0 Å². The molecule has 0 bridgehead atoms. The van der Waals surface area contributed by atoms with Gasteiger partial charge in [-0.1, -0.05) is 31.4 Å². The summed E-state index contributed by atoms with van der Waals surface area (Å²) in [5, 5.41) is 0. The Labute approximate surface area is 103 Å². The zero-order valence-corrected chi connectivity index (χ0v) is 10.8. The predicted molar refractivity (Wildman–Crippen MR) is 70.8 cm³/mol. The van der Waals surface area contributed by atoms with Crippen molar-refractivity contribution in [3.05, 3.63) is 29.8 Å². The summed E-state index contributed by atoms with van der Waals surface area (Å²) in [4.78, 5) is 0. The predicted octanol–water partition coefficient (Wildman–Crippen LogP) is 4.22. The van der Waals surface area contributed by atoms with E-state index in [0.717, 1.165) is 36.9 Å². The highest BCUT2D eigenvalue weighted by Crippen LogP contribution is 2.48. The van der Waals surface area contributed by atoms with Crippen LogP contribution in [0, 0.1) is 0 Å². The van der Waals surface area contributed by atoms with E-state index in [1.54, 1.807) is 13.8 Å². The number of nitrogens with two attached hydrogens (primary N) is 1. The summed E-state index contributed by atoms with van der Waals surface area (Å²) in [7, 11) is 0. The third-order valence-corrected chi connectivity index (χ3v) is 4.31. The smallest absolute Gasteiger partial charge is 0.115 e. The van der Waals surface area contributed by atoms with Crippen molar-refractivity contribution in [1.82, 2.24) is 0 Å². The van der Waals surface area contributed by atoms with Crippen molar-refractivity contribution in [2.24, 2.45) is 0 Å². The molecule has 1 aliphatic rings. The molecule has 1 nitrogen and oxygen atoms in total. The molecule has 17 heavy (non-hydrogen) atoms. The molecular formula is C15H22FN. The van der Waals surface area contributed by atoms with Gasteiger partial charge in [0.05, 0.1) is 0 Å². The van der Waals surface area contributed by atoms with E-state index in [-0.39, 0.29) is 5.41 Å². The Morgan fingerprint density at radius 1 is 1.06 bits per heavy atom. The number of rotatable bonds is 2. The third kappa shape index (κ3) is 2.18. The molecule has 0 radical (unpaired) electrons. The van der Waals surface area contributed by atoms with Crippen LogP contribution in [0.2, 0.25) is 0 Å². The summed E-state index contributed by atoms with van der Waals surface area (Å²) in [5.74, 6) is 0. The topological polar surface area (TPSA) is 26.0 Å². The first-order valence-electron chi connectivity index (χ1n) is 6.51. The number of alkyl halides is 1. The van der Waals surface area contributed by atoms with Crippen LogP contribution >= 0.6 is 0 Å². The van der Waals surface area contributed by atoms with E-state index in [1.165, 1.54) is 6.42 Å². The largest absolute Gasteiger partial charge is 0.399 e. The van der Waals surface area contributed by atoms with Crippen LogP contribution in [0.4, 0.5) is 10.1 Å². The molecule has 1 fully saturated rings. The molecule has 1 aromatic rings. The zero-order chi connectivity index (χ0) is 12.5. The summed E-state index contributed by atoms with van der Waals surface area (Å²) < 4.78 is 14.7. The quantitative estimate of drug-likeness (QED) is 0.763. The van der Waals surface area contributed by atoms with Gasteiger partial charge < -0.3 is 5.73 Å². The second-order valence-electron chi connectivity index (χ2n) is 5.74. The first-order chi connectivity index (χ1) is 7.96. The Bertz CT molecular complexity index is 369. The molecule has 1 saturated carbocycles. The van der Waals surface area contributed by atoms with Crippen LogP contribution in [0.1, 0.15) is 51.5 Å². The molecule has 0 aromatic heterocycles. The van der Waals surface area contributed by atoms with Gasteiger partial charge in [-0.05, 0) is 44.4 Å². The molecule has 0 saturated heterocycles. The lowest BCUT2D eigenvalue weighted by Gasteiger charge is -2.45. The van der Waals surface area contributed by atoms with E-state index < -0.39 is 5.67 Å². The van der Waals surface area contributed by atoms with Crippen LogP contribution in [-0.4, -0.2) is 5.67 Å². The van der Waals surface area contributed by atoms with Gasteiger partial charge in [-0.25, -0.2) is 4.39 Å². The second kappa shape index (κ2) is 4.32. The fraction of sp³-hybridized carbons (Fsp3) is 0.600. The summed E-state index contributed by atoms with van der Waals surface area (Å²) >= 11 is 0. The Hall–Kier alpha value is -1.05. The standard InChI is InChI=1S/C15H22FN/c1-14(2,16)15(10-4-3-5-11-15)12-6-8-13(17)9-7-12/h6-9H,3-5,10-11,17H2,1-2H3. The molecule has 1 aromatic carbocycles. The highest BCUT2D eigenvalue weighted by atomic mass is 19.1. The normalized spacial score (nSPS) is 20.2. The van der Waals surface area contributed by atoms with Gasteiger partial charge in [0.25, 0.3) is 0 Å². The highest BCUT2D eigenvalue weighted by Gasteiger charge is 2.47. The molecule has 0 atom stereocenters. The summed E-state index contributed by atoms with van der Waals surface area (Å²) in [6.45, 7) is 3.43. The Balaban J connectivity index is 2.43. The molecule has 0 amide bonds. The first-order valence-corrected chi connectivity index (χ1v) is 6.51. The minimum atomic E-state index is -1.18. The summed E-state index contributed by atoms with van der Waals surface area (Å²) in [5.41, 5.74) is 6.07. The Morgan fingerprint density at radius 2 is 1.59 bits per heavy atom. The van der Waals surface area contributed by atoms with Gasteiger partial charge in [0.2, 0.25) is 0 Å². The lowest BCUT2D eigenvalue weighted by molar-refractivity contribution is 0.0564. The molecule has 0 unspecified atom stereocenters. The van der Waals surface area contributed by atoms with Crippen molar-refractivity contribution in [2.75, 3.05) is 5.73 Å². The Kier molecular flexibility index (Phi) is 3.15. The second-order valence-corrected chi connectivity index (χ2v) is 5.74. The van der Waals surface area contributed by atoms with Crippen LogP contribution in [-0.2, 0) is 5.41 Å². The van der Waals surface area contributed by atoms with Gasteiger partial charge in [-0.2, -0.15) is 0 Å². The van der Waals surface area contributed by atoms with Crippen LogP contribution in [0.3, 0.4) is 0 Å². The van der Waals surface area contributed by atoms with Gasteiger partial charge in [-0.15, -0.1) is 0 Å². The average Bonchev–Trinajstić information content (AvgIpc) is 2.29. The van der Waals surface area contributed by atoms with Crippen LogP contribution in [0.25, 0.3) is 0 Å². The maximum atomic E-state index is 14.7. The Morgan fingerprint density at radius 3 is 2.06 bits per heavy atom. The molecule has 2 rings (SSSR count). The van der Waals surface area contributed by atoms with Gasteiger partial charge in [0.1, 0.15) is 5.67 Å². The van der Waals surface area contributed by atoms with E-state index in [4.69, 9.17) is 5.73 Å². The van der Waals surface area contributed by atoms with Crippen molar-refractivity contribution in [1.29, 1.82) is 0 Å². The van der Waals surface area contributed by atoms with Gasteiger partial charge in [0.15, 0.2) is 0 Å². The number of nitrogen functional groups attached to an aromatic ring is 1. The number of benzene rings is 1. The SMILES string of the molecule is CC(C)(F)C1(c2ccc(N)cc2)CCCCC1. The van der Waals surface area contributed by atoms with E-state index in [1.807, 2.05) is 24.3 Å². The number of hydrogen-bond acceptors (Lipinski definition) is 1. The lowest BCUT2D eigenvalue weighted by Crippen LogP contribution is -2.45. The van der Waals surface area contributed by atoms with E-state index in [2.05, 4.69) is 0 Å².